The van der Waals surface area contributed by atoms with E-state index in [9.17, 15) is 0 Å². The topological polar surface area (TPSA) is 52.1 Å². The number of furan rings is 2. The van der Waals surface area contributed by atoms with E-state index in [2.05, 4.69) is 109 Å². The SMILES string of the molecule is c1cnc2c(c1)ccc1ccc(-c3cc(-c4ccc5oc6ccccc6c5c4)cc(-c4ccc5oc6ccccc6c5c4)c3)nc12. The van der Waals surface area contributed by atoms with Gasteiger partial charge in [-0.3, -0.25) is 4.98 Å². The molecule has 0 unspecified atom stereocenters. The lowest BCUT2D eigenvalue weighted by Gasteiger charge is -2.12. The van der Waals surface area contributed by atoms with Gasteiger partial charge >= 0.3 is 0 Å². The lowest BCUT2D eigenvalue weighted by molar-refractivity contribution is 0.668. The zero-order valence-electron chi connectivity index (χ0n) is 24.6. The smallest absolute Gasteiger partial charge is 0.135 e. The van der Waals surface area contributed by atoms with Gasteiger partial charge in [-0.2, -0.15) is 0 Å². The van der Waals surface area contributed by atoms with Gasteiger partial charge in [0.1, 0.15) is 22.3 Å². The van der Waals surface area contributed by atoms with E-state index in [4.69, 9.17) is 18.8 Å². The molecule has 0 amide bonds. The van der Waals surface area contributed by atoms with Crippen molar-refractivity contribution in [2.75, 3.05) is 0 Å². The van der Waals surface area contributed by atoms with Gasteiger partial charge in [0.15, 0.2) is 0 Å². The van der Waals surface area contributed by atoms with Crippen molar-refractivity contribution in [2.24, 2.45) is 0 Å². The Morgan fingerprint density at radius 2 is 0.913 bits per heavy atom. The van der Waals surface area contributed by atoms with Crippen molar-refractivity contribution in [3.8, 4) is 33.5 Å². The molecule has 0 saturated heterocycles. The van der Waals surface area contributed by atoms with Gasteiger partial charge in [-0.25, -0.2) is 4.98 Å². The zero-order chi connectivity index (χ0) is 30.2. The van der Waals surface area contributed by atoms with Crippen LogP contribution in [0, 0.1) is 0 Å². The third-order valence-electron chi connectivity index (χ3n) is 9.08. The van der Waals surface area contributed by atoms with Crippen molar-refractivity contribution in [2.45, 2.75) is 0 Å². The first-order valence-corrected chi connectivity index (χ1v) is 15.4. The van der Waals surface area contributed by atoms with Crippen LogP contribution in [0.3, 0.4) is 0 Å². The van der Waals surface area contributed by atoms with Crippen molar-refractivity contribution in [3.05, 3.63) is 146 Å². The van der Waals surface area contributed by atoms with Gasteiger partial charge in [-0.05, 0) is 89.0 Å². The van der Waals surface area contributed by atoms with Crippen molar-refractivity contribution < 1.29 is 8.83 Å². The van der Waals surface area contributed by atoms with Gasteiger partial charge < -0.3 is 8.83 Å². The molecule has 0 fully saturated rings. The maximum atomic E-state index is 6.15. The molecule has 10 aromatic rings. The number of hydrogen-bond acceptors (Lipinski definition) is 4. The number of benzene rings is 6. The van der Waals surface area contributed by atoms with E-state index >= 15 is 0 Å². The molecule has 6 aromatic carbocycles. The summed E-state index contributed by atoms with van der Waals surface area (Å²) in [5.41, 5.74) is 11.8. The van der Waals surface area contributed by atoms with Crippen molar-refractivity contribution >= 4 is 65.7 Å². The average molecular weight is 589 g/mol. The first-order valence-electron chi connectivity index (χ1n) is 15.4. The molecule has 0 saturated carbocycles. The second-order valence-electron chi connectivity index (χ2n) is 11.8. The summed E-state index contributed by atoms with van der Waals surface area (Å²) >= 11 is 0. The van der Waals surface area contributed by atoms with Crippen molar-refractivity contribution in [1.29, 1.82) is 0 Å². The minimum absolute atomic E-state index is 0.884. The van der Waals surface area contributed by atoms with Gasteiger partial charge in [0.2, 0.25) is 0 Å². The Kier molecular flexibility index (Phi) is 5.25. The van der Waals surface area contributed by atoms with Gasteiger partial charge in [0.25, 0.3) is 0 Å². The summed E-state index contributed by atoms with van der Waals surface area (Å²) in [6, 6.07) is 48.6. The number of rotatable bonds is 3. The summed E-state index contributed by atoms with van der Waals surface area (Å²) in [6.45, 7) is 0. The Balaban J connectivity index is 1.21. The van der Waals surface area contributed by atoms with Gasteiger partial charge in [0, 0.05) is 44.1 Å². The summed E-state index contributed by atoms with van der Waals surface area (Å²) in [5, 5.41) is 6.59. The lowest BCUT2D eigenvalue weighted by atomic mass is 9.93. The molecule has 4 heterocycles. The zero-order valence-corrected chi connectivity index (χ0v) is 24.6. The normalized spacial score (nSPS) is 11.9. The largest absolute Gasteiger partial charge is 0.456 e. The lowest BCUT2D eigenvalue weighted by Crippen LogP contribution is -1.91. The monoisotopic (exact) mass is 588 g/mol. The molecule has 46 heavy (non-hydrogen) atoms. The van der Waals surface area contributed by atoms with Crippen molar-refractivity contribution in [1.82, 2.24) is 9.97 Å². The van der Waals surface area contributed by atoms with E-state index in [0.29, 0.717) is 0 Å². The molecule has 0 aliphatic heterocycles. The standard InChI is InChI=1S/C42H24N2O2/c1-3-9-37-32(7-1)34-23-27(14-17-39(34)45-37)29-20-30(28-15-18-40-35(24-28)33-8-2-4-10-38(33)46-40)22-31(21-29)36-16-13-26-12-11-25-6-5-19-43-41(25)42(26)44-36/h1-24H. The predicted molar refractivity (Wildman–Crippen MR) is 188 cm³/mol. The molecule has 0 atom stereocenters. The van der Waals surface area contributed by atoms with Crippen LogP contribution in [0.1, 0.15) is 0 Å². The molecular weight excluding hydrogens is 564 g/mol. The Morgan fingerprint density at radius 1 is 0.370 bits per heavy atom. The van der Waals surface area contributed by atoms with Crippen LogP contribution < -0.4 is 0 Å². The Hall–Kier alpha value is -6.26. The van der Waals surface area contributed by atoms with Gasteiger partial charge in [0.05, 0.1) is 16.7 Å². The van der Waals surface area contributed by atoms with Crippen LogP contribution in [-0.4, -0.2) is 9.97 Å². The number of nitrogens with zero attached hydrogens (tertiary/aromatic N) is 2. The minimum Gasteiger partial charge on any atom is -0.456 e. The summed E-state index contributed by atoms with van der Waals surface area (Å²) in [7, 11) is 0. The third kappa shape index (κ3) is 3.87. The molecule has 0 N–H and O–H groups in total. The summed E-state index contributed by atoms with van der Waals surface area (Å²) in [5.74, 6) is 0. The highest BCUT2D eigenvalue weighted by Crippen LogP contribution is 2.38. The van der Waals surface area contributed by atoms with E-state index in [-0.39, 0.29) is 0 Å². The Bertz CT molecular complexity index is 2690. The molecule has 0 radical (unpaired) electrons. The highest BCUT2D eigenvalue weighted by Gasteiger charge is 2.14. The number of hydrogen-bond donors (Lipinski definition) is 0. The highest BCUT2D eigenvalue weighted by molar-refractivity contribution is 6.08. The molecule has 0 spiro atoms. The summed E-state index contributed by atoms with van der Waals surface area (Å²) in [4.78, 5) is 9.91. The number of fused-ring (bicyclic) bond motifs is 9. The summed E-state index contributed by atoms with van der Waals surface area (Å²) < 4.78 is 12.3. The average Bonchev–Trinajstić information content (AvgIpc) is 3.69. The second kappa shape index (κ2) is 9.62. The van der Waals surface area contributed by atoms with Gasteiger partial charge in [-0.15, -0.1) is 0 Å². The van der Waals surface area contributed by atoms with Crippen LogP contribution in [0.15, 0.2) is 155 Å². The fraction of sp³-hybridized carbons (Fsp3) is 0. The number of aromatic nitrogens is 2. The first-order chi connectivity index (χ1) is 22.7. The van der Waals surface area contributed by atoms with Crippen LogP contribution in [0.25, 0.3) is 99.2 Å². The molecule has 10 rings (SSSR count). The Labute approximate surface area is 263 Å². The highest BCUT2D eigenvalue weighted by atomic mass is 16.3. The molecule has 4 nitrogen and oxygen atoms in total. The van der Waals surface area contributed by atoms with Crippen LogP contribution in [0.5, 0.6) is 0 Å². The van der Waals surface area contributed by atoms with Crippen LogP contribution >= 0.6 is 0 Å². The second-order valence-corrected chi connectivity index (χ2v) is 11.8. The summed E-state index contributed by atoms with van der Waals surface area (Å²) in [6.07, 6.45) is 1.83. The molecular formula is C42H24N2O2. The van der Waals surface area contributed by atoms with Crippen LogP contribution in [-0.2, 0) is 0 Å². The minimum atomic E-state index is 0.884. The third-order valence-corrected chi connectivity index (χ3v) is 9.08. The van der Waals surface area contributed by atoms with Crippen LogP contribution in [0.2, 0.25) is 0 Å². The van der Waals surface area contributed by atoms with Crippen molar-refractivity contribution in [3.63, 3.8) is 0 Å². The predicted octanol–water partition coefficient (Wildman–Crippen LogP) is 11.6. The quantitative estimate of drug-likeness (QED) is 0.193. The van der Waals surface area contributed by atoms with Crippen LogP contribution in [0.4, 0.5) is 0 Å². The van der Waals surface area contributed by atoms with E-state index in [1.807, 2.05) is 36.5 Å². The molecule has 4 heteroatoms. The maximum absolute atomic E-state index is 6.15. The first kappa shape index (κ1) is 25.1. The van der Waals surface area contributed by atoms with E-state index in [1.165, 1.54) is 0 Å². The Morgan fingerprint density at radius 3 is 1.57 bits per heavy atom. The fourth-order valence-electron chi connectivity index (χ4n) is 6.80. The number of pyridine rings is 2. The van der Waals surface area contributed by atoms with E-state index < -0.39 is 0 Å². The molecule has 0 aliphatic carbocycles. The molecule has 214 valence electrons. The van der Waals surface area contributed by atoms with E-state index in [0.717, 1.165) is 99.2 Å². The molecule has 0 aliphatic rings. The molecule has 4 aromatic heterocycles. The maximum Gasteiger partial charge on any atom is 0.135 e. The van der Waals surface area contributed by atoms with E-state index in [1.54, 1.807) is 0 Å². The molecule has 0 bridgehead atoms. The van der Waals surface area contributed by atoms with Gasteiger partial charge in [-0.1, -0.05) is 72.8 Å². The number of para-hydroxylation sites is 2. The fourth-order valence-corrected chi connectivity index (χ4v) is 6.80.